The summed E-state index contributed by atoms with van der Waals surface area (Å²) in [7, 11) is 0. The van der Waals surface area contributed by atoms with Crippen molar-refractivity contribution in [3.05, 3.63) is 0 Å². The van der Waals surface area contributed by atoms with Crippen LogP contribution in [-0.2, 0) is 23.9 Å². The Morgan fingerprint density at radius 1 is 0.867 bits per heavy atom. The molecule has 4 aliphatic carbocycles. The molecule has 168 valence electrons. The van der Waals surface area contributed by atoms with Crippen molar-refractivity contribution in [2.45, 2.75) is 84.3 Å². The van der Waals surface area contributed by atoms with Crippen LogP contribution in [0.2, 0.25) is 0 Å². The highest BCUT2D eigenvalue weighted by molar-refractivity contribution is 5.83. The Morgan fingerprint density at radius 3 is 2.23 bits per heavy atom. The zero-order valence-electron chi connectivity index (χ0n) is 18.5. The number of carbonyl (C=O) groups excluding carboxylic acids is 3. The van der Waals surface area contributed by atoms with Gasteiger partial charge in [0.25, 0.3) is 0 Å². The lowest BCUT2D eigenvalue weighted by Gasteiger charge is -2.57. The third-order valence-electron chi connectivity index (χ3n) is 9.13. The predicted octanol–water partition coefficient (Wildman–Crippen LogP) is 3.29. The Hall–Kier alpha value is -1.43. The van der Waals surface area contributed by atoms with Gasteiger partial charge in [-0.25, -0.2) is 0 Å². The lowest BCUT2D eigenvalue weighted by Crippen LogP contribution is -2.54. The summed E-state index contributed by atoms with van der Waals surface area (Å²) >= 11 is 0. The van der Waals surface area contributed by atoms with E-state index in [9.17, 15) is 19.5 Å². The number of carbonyl (C=O) groups is 3. The normalized spacial score (nSPS) is 44.9. The molecule has 4 saturated carbocycles. The topological polar surface area (TPSA) is 89.9 Å². The van der Waals surface area contributed by atoms with Crippen LogP contribution in [0.4, 0.5) is 0 Å². The van der Waals surface area contributed by atoms with Crippen molar-refractivity contribution in [2.24, 2.45) is 40.9 Å². The lowest BCUT2D eigenvalue weighted by molar-refractivity contribution is -0.176. The van der Waals surface area contributed by atoms with E-state index in [1.54, 1.807) is 0 Å². The molecule has 0 heterocycles. The molecule has 6 nitrogen and oxygen atoms in total. The fourth-order valence-electron chi connectivity index (χ4n) is 8.11. The number of hydrogen-bond donors (Lipinski definition) is 1. The fourth-order valence-corrected chi connectivity index (χ4v) is 8.11. The van der Waals surface area contributed by atoms with Crippen molar-refractivity contribution in [1.29, 1.82) is 0 Å². The minimum atomic E-state index is -0.362. The van der Waals surface area contributed by atoms with Crippen molar-refractivity contribution in [1.82, 2.24) is 0 Å². The number of aliphatic hydroxyl groups is 1. The third-order valence-corrected chi connectivity index (χ3v) is 9.13. The van der Waals surface area contributed by atoms with Gasteiger partial charge in [-0.15, -0.1) is 0 Å². The number of ether oxygens (including phenoxy) is 2. The van der Waals surface area contributed by atoms with E-state index in [2.05, 4.69) is 6.92 Å². The van der Waals surface area contributed by atoms with Crippen molar-refractivity contribution >= 4 is 17.7 Å². The summed E-state index contributed by atoms with van der Waals surface area (Å²) in [5, 5.41) is 9.47. The van der Waals surface area contributed by atoms with Crippen LogP contribution in [-0.4, -0.2) is 41.6 Å². The first kappa shape index (κ1) is 21.8. The largest absolute Gasteiger partial charge is 0.463 e. The zero-order valence-corrected chi connectivity index (χ0v) is 18.5. The average Bonchev–Trinajstić information content (AvgIpc) is 3.04. The number of hydrogen-bond acceptors (Lipinski definition) is 6. The molecule has 9 atom stereocenters. The van der Waals surface area contributed by atoms with Gasteiger partial charge >= 0.3 is 11.9 Å². The summed E-state index contributed by atoms with van der Waals surface area (Å²) in [6, 6.07) is 0. The van der Waals surface area contributed by atoms with Gasteiger partial charge in [-0.1, -0.05) is 6.92 Å². The van der Waals surface area contributed by atoms with E-state index in [0.29, 0.717) is 23.7 Å². The van der Waals surface area contributed by atoms with Crippen LogP contribution in [0.25, 0.3) is 0 Å². The van der Waals surface area contributed by atoms with E-state index in [0.717, 1.165) is 51.4 Å². The highest BCUT2D eigenvalue weighted by atomic mass is 16.5. The van der Waals surface area contributed by atoms with E-state index in [1.165, 1.54) is 13.8 Å². The molecular formula is C24H36O6. The maximum Gasteiger partial charge on any atom is 0.302 e. The van der Waals surface area contributed by atoms with Crippen LogP contribution in [0.15, 0.2) is 0 Å². The van der Waals surface area contributed by atoms with Gasteiger partial charge in [0.15, 0.2) is 5.78 Å². The first-order valence-corrected chi connectivity index (χ1v) is 11.7. The van der Waals surface area contributed by atoms with Gasteiger partial charge in [0.1, 0.15) is 18.8 Å². The summed E-state index contributed by atoms with van der Waals surface area (Å²) in [4.78, 5) is 35.8. The monoisotopic (exact) mass is 420 g/mol. The molecule has 1 N–H and O–H groups in total. The molecule has 4 aliphatic rings. The van der Waals surface area contributed by atoms with Crippen LogP contribution < -0.4 is 0 Å². The Balaban J connectivity index is 1.58. The minimum Gasteiger partial charge on any atom is -0.463 e. The van der Waals surface area contributed by atoms with Crippen LogP contribution in [0.5, 0.6) is 0 Å². The predicted molar refractivity (Wildman–Crippen MR) is 109 cm³/mol. The van der Waals surface area contributed by atoms with Gasteiger partial charge < -0.3 is 14.6 Å². The van der Waals surface area contributed by atoms with Gasteiger partial charge in [0, 0.05) is 25.7 Å². The molecule has 0 unspecified atom stereocenters. The molecule has 0 aromatic heterocycles. The lowest BCUT2D eigenvalue weighted by atomic mass is 9.49. The standard InChI is InChI=1S/C24H36O6/c1-13(26)29-15-4-5-16-17-8-9-24(3)20(6-7-21(24)22(28)12-25)18(17)11-23(19(16)10-15)30-14(2)27/h15-21,23,25H,4-12H2,1-3H3/t15-,16-,17-,18-,19-,20+,21-,23+,24+/m1/s1. The molecule has 0 radical (unpaired) electrons. The minimum absolute atomic E-state index is 0.00874. The summed E-state index contributed by atoms with van der Waals surface area (Å²) in [5.41, 5.74) is -0.0521. The second-order valence-electron chi connectivity index (χ2n) is 10.5. The third kappa shape index (κ3) is 3.69. The number of esters is 2. The molecule has 0 bridgehead atoms. The molecule has 0 aliphatic heterocycles. The molecule has 0 saturated heterocycles. The van der Waals surface area contributed by atoms with Gasteiger partial charge in [0.05, 0.1) is 0 Å². The van der Waals surface area contributed by atoms with Crippen LogP contribution in [0, 0.1) is 40.9 Å². The highest BCUT2D eigenvalue weighted by Gasteiger charge is 2.60. The van der Waals surface area contributed by atoms with Crippen molar-refractivity contribution < 1.29 is 29.0 Å². The van der Waals surface area contributed by atoms with Crippen LogP contribution in [0.3, 0.4) is 0 Å². The summed E-state index contributed by atoms with van der Waals surface area (Å²) in [6.07, 6.45) is 7.31. The first-order chi connectivity index (χ1) is 14.2. The molecule has 0 aromatic carbocycles. The average molecular weight is 421 g/mol. The maximum atomic E-state index is 12.4. The molecule has 4 fully saturated rings. The fraction of sp³-hybridized carbons (Fsp3) is 0.875. The number of rotatable bonds is 4. The Morgan fingerprint density at radius 2 is 1.57 bits per heavy atom. The summed E-state index contributed by atoms with van der Waals surface area (Å²) < 4.78 is 11.4. The smallest absolute Gasteiger partial charge is 0.302 e. The van der Waals surface area contributed by atoms with Crippen molar-refractivity contribution in [2.75, 3.05) is 6.61 Å². The zero-order chi connectivity index (χ0) is 21.6. The highest BCUT2D eigenvalue weighted by Crippen LogP contribution is 2.64. The van der Waals surface area contributed by atoms with Crippen molar-refractivity contribution in [3.8, 4) is 0 Å². The second kappa shape index (κ2) is 8.25. The Labute approximate surface area is 179 Å². The number of Topliss-reactive ketones (excluding diaryl/α,β-unsaturated/α-hetero) is 1. The number of fused-ring (bicyclic) bond motifs is 5. The second-order valence-corrected chi connectivity index (χ2v) is 10.5. The summed E-state index contributed by atoms with van der Waals surface area (Å²) in [6.45, 7) is 4.83. The van der Waals surface area contributed by atoms with E-state index < -0.39 is 0 Å². The SMILES string of the molecule is CC(=O)O[C@@H]1CC[C@@H]2[C@H]3CC[C@]4(C)[C@@H](C(=O)CO)CC[C@H]4[C@@H]3C[C@H](OC(C)=O)[C@@H]2C1. The van der Waals surface area contributed by atoms with E-state index in [1.807, 2.05) is 0 Å². The van der Waals surface area contributed by atoms with Gasteiger partial charge in [-0.05, 0) is 80.5 Å². The van der Waals surface area contributed by atoms with E-state index >= 15 is 0 Å². The Bertz CT molecular complexity index is 704. The van der Waals surface area contributed by atoms with Crippen LogP contribution >= 0.6 is 0 Å². The van der Waals surface area contributed by atoms with Gasteiger partial charge in [-0.2, -0.15) is 0 Å². The number of ketones is 1. The molecule has 0 spiro atoms. The van der Waals surface area contributed by atoms with Gasteiger partial charge in [0.2, 0.25) is 0 Å². The van der Waals surface area contributed by atoms with Gasteiger partial charge in [-0.3, -0.25) is 14.4 Å². The van der Waals surface area contributed by atoms with E-state index in [-0.39, 0.29) is 53.8 Å². The molecular weight excluding hydrogens is 384 g/mol. The maximum absolute atomic E-state index is 12.4. The molecule has 6 heteroatoms. The quantitative estimate of drug-likeness (QED) is 0.702. The van der Waals surface area contributed by atoms with Crippen molar-refractivity contribution in [3.63, 3.8) is 0 Å². The molecule has 4 rings (SSSR count). The van der Waals surface area contributed by atoms with Crippen LogP contribution in [0.1, 0.15) is 72.1 Å². The molecule has 30 heavy (non-hydrogen) atoms. The molecule has 0 amide bonds. The first-order valence-electron chi connectivity index (χ1n) is 11.7. The number of aliphatic hydroxyl groups excluding tert-OH is 1. The summed E-state index contributed by atoms with van der Waals surface area (Å²) in [5.74, 6) is 1.68. The Kier molecular flexibility index (Phi) is 5.99. The van der Waals surface area contributed by atoms with E-state index in [4.69, 9.17) is 9.47 Å². The molecule has 0 aromatic rings.